The van der Waals surface area contributed by atoms with Crippen molar-refractivity contribution in [2.24, 2.45) is 5.73 Å². The van der Waals surface area contributed by atoms with Crippen molar-refractivity contribution in [1.29, 1.82) is 0 Å². The third-order valence-corrected chi connectivity index (χ3v) is 4.35. The number of thiocarbonyl (C=S) groups is 1. The molecule has 6 nitrogen and oxygen atoms in total. The summed E-state index contributed by atoms with van der Waals surface area (Å²) in [7, 11) is 1.81. The molecule has 21 heavy (non-hydrogen) atoms. The van der Waals surface area contributed by atoms with E-state index in [-0.39, 0.29) is 10.9 Å². The summed E-state index contributed by atoms with van der Waals surface area (Å²) in [6.07, 6.45) is 0. The first-order valence-electron chi connectivity index (χ1n) is 6.84. The number of carbonyl (C=O) groups is 1. The molecule has 1 aromatic rings. The van der Waals surface area contributed by atoms with Crippen molar-refractivity contribution in [1.82, 2.24) is 15.1 Å². The van der Waals surface area contributed by atoms with Crippen molar-refractivity contribution in [2.45, 2.75) is 33.2 Å². The Kier molecular flexibility index (Phi) is 3.88. The average Bonchev–Trinajstić information content (AvgIpc) is 2.39. The summed E-state index contributed by atoms with van der Waals surface area (Å²) in [5.74, 6) is 0.639. The van der Waals surface area contributed by atoms with E-state index in [0.717, 1.165) is 11.3 Å². The fraction of sp³-hybridized carbons (Fsp3) is 0.571. The molecule has 0 atom stereocenters. The molecule has 1 saturated heterocycles. The molecule has 7 heteroatoms. The van der Waals surface area contributed by atoms with Crippen LogP contribution in [-0.4, -0.2) is 51.7 Å². The highest BCUT2D eigenvalue weighted by Crippen LogP contribution is 2.31. The Balaban J connectivity index is 2.59. The molecule has 114 valence electrons. The van der Waals surface area contributed by atoms with Crippen LogP contribution in [0.4, 0.5) is 5.82 Å². The molecule has 2 heterocycles. The van der Waals surface area contributed by atoms with Gasteiger partial charge in [0.15, 0.2) is 5.82 Å². The Morgan fingerprint density at radius 3 is 2.48 bits per heavy atom. The highest BCUT2D eigenvalue weighted by atomic mass is 32.1. The second kappa shape index (κ2) is 5.22. The fourth-order valence-corrected chi connectivity index (χ4v) is 2.91. The van der Waals surface area contributed by atoms with Crippen molar-refractivity contribution in [3.8, 4) is 0 Å². The van der Waals surface area contributed by atoms with E-state index < -0.39 is 5.54 Å². The van der Waals surface area contributed by atoms with E-state index >= 15 is 0 Å². The maximum absolute atomic E-state index is 12.4. The normalized spacial score (nSPS) is 18.0. The monoisotopic (exact) mass is 307 g/mol. The zero-order chi connectivity index (χ0) is 15.9. The number of piperazine rings is 1. The molecule has 0 radical (unpaired) electrons. The molecule has 1 aliphatic rings. The quantitative estimate of drug-likeness (QED) is 0.814. The lowest BCUT2D eigenvalue weighted by atomic mass is 9.96. The summed E-state index contributed by atoms with van der Waals surface area (Å²) in [6, 6.07) is 0. The number of carbonyl (C=O) groups excluding carboxylic acids is 1. The first kappa shape index (κ1) is 15.6. The van der Waals surface area contributed by atoms with Gasteiger partial charge in [0, 0.05) is 20.1 Å². The summed E-state index contributed by atoms with van der Waals surface area (Å²) < 4.78 is 0. The van der Waals surface area contributed by atoms with Gasteiger partial charge in [0.1, 0.15) is 10.5 Å². The number of nitrogens with two attached hydrogens (primary N) is 1. The van der Waals surface area contributed by atoms with E-state index in [1.807, 2.05) is 39.6 Å². The van der Waals surface area contributed by atoms with Gasteiger partial charge >= 0.3 is 0 Å². The first-order valence-corrected chi connectivity index (χ1v) is 7.25. The maximum atomic E-state index is 12.4. The molecule has 2 N–H and O–H groups in total. The lowest BCUT2D eigenvalue weighted by Crippen LogP contribution is -2.63. The number of hydrogen-bond acceptors (Lipinski definition) is 5. The number of anilines is 1. The van der Waals surface area contributed by atoms with Gasteiger partial charge < -0.3 is 15.5 Å². The van der Waals surface area contributed by atoms with Gasteiger partial charge in [-0.1, -0.05) is 12.2 Å². The zero-order valence-electron chi connectivity index (χ0n) is 13.1. The SMILES string of the molecule is Cc1nnc(N2CCN(C)C(=O)C2(C)C)c(C(N)=S)c1C. The topological polar surface area (TPSA) is 75.4 Å². The highest BCUT2D eigenvalue weighted by molar-refractivity contribution is 7.80. The minimum absolute atomic E-state index is 0.0441. The molecule has 1 aliphatic heterocycles. The van der Waals surface area contributed by atoms with Crippen LogP contribution in [0.1, 0.15) is 30.7 Å². The smallest absolute Gasteiger partial charge is 0.247 e. The molecule has 1 aromatic heterocycles. The van der Waals surface area contributed by atoms with Crippen LogP contribution in [0.5, 0.6) is 0 Å². The molecular formula is C14H21N5OS. The molecule has 0 saturated carbocycles. The van der Waals surface area contributed by atoms with E-state index in [1.54, 1.807) is 4.90 Å². The lowest BCUT2D eigenvalue weighted by molar-refractivity contribution is -0.136. The molecule has 0 unspecified atom stereocenters. The Morgan fingerprint density at radius 1 is 1.29 bits per heavy atom. The number of aryl methyl sites for hydroxylation is 1. The number of nitrogens with zero attached hydrogens (tertiary/aromatic N) is 4. The largest absolute Gasteiger partial charge is 0.389 e. The minimum Gasteiger partial charge on any atom is -0.389 e. The van der Waals surface area contributed by atoms with Crippen LogP contribution in [0.25, 0.3) is 0 Å². The van der Waals surface area contributed by atoms with Crippen LogP contribution in [-0.2, 0) is 4.79 Å². The molecule has 0 spiro atoms. The molecule has 1 amide bonds. The third kappa shape index (κ3) is 2.46. The summed E-state index contributed by atoms with van der Waals surface area (Å²) in [4.78, 5) is 16.4. The number of likely N-dealkylation sites (N-methyl/N-ethyl adjacent to an activating group) is 1. The predicted molar refractivity (Wildman–Crippen MR) is 86.5 cm³/mol. The van der Waals surface area contributed by atoms with Crippen molar-refractivity contribution >= 4 is 28.9 Å². The van der Waals surface area contributed by atoms with Gasteiger partial charge in [-0.3, -0.25) is 4.79 Å². The third-order valence-electron chi connectivity index (χ3n) is 4.14. The summed E-state index contributed by atoms with van der Waals surface area (Å²) in [5.41, 5.74) is 7.59. The van der Waals surface area contributed by atoms with Gasteiger partial charge in [-0.05, 0) is 33.3 Å². The fourth-order valence-electron chi connectivity index (χ4n) is 2.66. The summed E-state index contributed by atoms with van der Waals surface area (Å²) >= 11 is 5.18. The van der Waals surface area contributed by atoms with Gasteiger partial charge in [0.25, 0.3) is 0 Å². The molecule has 0 aliphatic carbocycles. The van der Waals surface area contributed by atoms with E-state index in [9.17, 15) is 4.79 Å². The summed E-state index contributed by atoms with van der Waals surface area (Å²) in [5, 5.41) is 8.45. The van der Waals surface area contributed by atoms with Gasteiger partial charge in [0.05, 0.1) is 11.3 Å². The number of rotatable bonds is 2. The molecule has 0 aromatic carbocycles. The number of aromatic nitrogens is 2. The Hall–Kier alpha value is -1.76. The highest BCUT2D eigenvalue weighted by Gasteiger charge is 2.42. The van der Waals surface area contributed by atoms with Crippen LogP contribution < -0.4 is 10.6 Å². The van der Waals surface area contributed by atoms with Gasteiger partial charge in [0.2, 0.25) is 5.91 Å². The molecule has 2 rings (SSSR count). The molecular weight excluding hydrogens is 286 g/mol. The first-order chi connectivity index (χ1) is 9.67. The van der Waals surface area contributed by atoms with Crippen molar-refractivity contribution in [3.63, 3.8) is 0 Å². The van der Waals surface area contributed by atoms with Crippen LogP contribution in [0.15, 0.2) is 0 Å². The maximum Gasteiger partial charge on any atom is 0.247 e. The second-order valence-corrected chi connectivity index (χ2v) is 6.35. The second-order valence-electron chi connectivity index (χ2n) is 5.91. The number of hydrogen-bond donors (Lipinski definition) is 1. The van der Waals surface area contributed by atoms with E-state index in [4.69, 9.17) is 18.0 Å². The molecule has 1 fully saturated rings. The van der Waals surface area contributed by atoms with Crippen molar-refractivity contribution in [2.75, 3.05) is 25.0 Å². The minimum atomic E-state index is -0.705. The zero-order valence-corrected chi connectivity index (χ0v) is 13.9. The van der Waals surface area contributed by atoms with Crippen molar-refractivity contribution < 1.29 is 4.79 Å². The van der Waals surface area contributed by atoms with Crippen LogP contribution in [0, 0.1) is 13.8 Å². The van der Waals surface area contributed by atoms with E-state index in [1.165, 1.54) is 0 Å². The lowest BCUT2D eigenvalue weighted by Gasteiger charge is -2.45. The van der Waals surface area contributed by atoms with Crippen molar-refractivity contribution in [3.05, 3.63) is 16.8 Å². The van der Waals surface area contributed by atoms with E-state index in [2.05, 4.69) is 10.2 Å². The van der Waals surface area contributed by atoms with Crippen LogP contribution >= 0.6 is 12.2 Å². The summed E-state index contributed by atoms with van der Waals surface area (Å²) in [6.45, 7) is 8.85. The predicted octanol–water partition coefficient (Wildman–Crippen LogP) is 0.785. The van der Waals surface area contributed by atoms with Gasteiger partial charge in [-0.15, -0.1) is 5.10 Å². The van der Waals surface area contributed by atoms with Gasteiger partial charge in [-0.25, -0.2) is 0 Å². The van der Waals surface area contributed by atoms with Gasteiger partial charge in [-0.2, -0.15) is 5.10 Å². The Morgan fingerprint density at radius 2 is 1.90 bits per heavy atom. The molecule has 0 bridgehead atoms. The number of amides is 1. The van der Waals surface area contributed by atoms with Crippen LogP contribution in [0.3, 0.4) is 0 Å². The Bertz CT molecular complexity index is 614. The van der Waals surface area contributed by atoms with E-state index in [0.29, 0.717) is 24.5 Å². The van der Waals surface area contributed by atoms with Crippen LogP contribution in [0.2, 0.25) is 0 Å². The average molecular weight is 307 g/mol. The standard InChI is InChI=1S/C14H21N5OS/c1-8-9(2)16-17-12(10(8)11(15)21)19-7-6-18(5)13(20)14(19,3)4/h6-7H2,1-5H3,(H2,15,21). The Labute approximate surface area is 130 Å².